The Morgan fingerprint density at radius 3 is 1.66 bits per heavy atom. The molecule has 2 unspecified atom stereocenters. The van der Waals surface area contributed by atoms with Gasteiger partial charge in [0.15, 0.2) is 0 Å². The van der Waals surface area contributed by atoms with Gasteiger partial charge in [0.1, 0.15) is 0 Å². The molecule has 2 atom stereocenters. The number of allylic oxidation sites excluding steroid dienone is 5. The molecule has 1 nitrogen and oxygen atoms in total. The molecule has 0 fully saturated rings. The van der Waals surface area contributed by atoms with E-state index in [0.717, 1.165) is 12.8 Å². The van der Waals surface area contributed by atoms with E-state index >= 15 is 0 Å². The molecule has 0 aliphatic heterocycles. The van der Waals surface area contributed by atoms with E-state index in [9.17, 15) is 0 Å². The molecule has 0 heterocycles. The van der Waals surface area contributed by atoms with Gasteiger partial charge in [0.05, 0.1) is 6.07 Å². The third kappa shape index (κ3) is 16.7. The fourth-order valence-corrected chi connectivity index (χ4v) is 4.17. The van der Waals surface area contributed by atoms with Gasteiger partial charge in [0.2, 0.25) is 0 Å². The van der Waals surface area contributed by atoms with E-state index in [1.54, 1.807) is 0 Å². The van der Waals surface area contributed by atoms with Gasteiger partial charge in [0, 0.05) is 11.8 Å². The van der Waals surface area contributed by atoms with E-state index in [1.165, 1.54) is 40.7 Å². The predicted molar refractivity (Wildman–Crippen MR) is 185 cm³/mol. The number of benzene rings is 3. The molecule has 3 aromatic carbocycles. The molecular formula is C40H55N. The van der Waals surface area contributed by atoms with Crippen molar-refractivity contribution in [1.29, 1.82) is 5.26 Å². The minimum absolute atomic E-state index is 0.0419. The average molecular weight is 550 g/mol. The van der Waals surface area contributed by atoms with Crippen LogP contribution in [0.2, 0.25) is 0 Å². The minimum Gasteiger partial charge on any atom is -0.198 e. The van der Waals surface area contributed by atoms with Crippen molar-refractivity contribution in [3.05, 3.63) is 157 Å². The normalized spacial score (nSPS) is 11.7. The molecule has 220 valence electrons. The van der Waals surface area contributed by atoms with E-state index < -0.39 is 0 Å². The SMILES string of the molecule is C1=CCCC=C1.C=C.C=CCC(c1ccccc1C)c1cccc(CC(C)C#N)c1C.CC.CC.c1ccccc1. The summed E-state index contributed by atoms with van der Waals surface area (Å²) >= 11 is 0. The summed E-state index contributed by atoms with van der Waals surface area (Å²) in [6.07, 6.45) is 14.7. The highest BCUT2D eigenvalue weighted by atomic mass is 14.3. The molecule has 0 radical (unpaired) electrons. The lowest BCUT2D eigenvalue weighted by atomic mass is 9.82. The van der Waals surface area contributed by atoms with Gasteiger partial charge in [-0.05, 0) is 74.3 Å². The molecule has 1 aliphatic carbocycles. The number of rotatable bonds is 6. The van der Waals surface area contributed by atoms with Gasteiger partial charge in [-0.25, -0.2) is 0 Å². The van der Waals surface area contributed by atoms with Crippen LogP contribution in [0.4, 0.5) is 0 Å². The van der Waals surface area contributed by atoms with Crippen molar-refractivity contribution in [2.75, 3.05) is 0 Å². The topological polar surface area (TPSA) is 23.8 Å². The Bertz CT molecular complexity index is 1090. The van der Waals surface area contributed by atoms with E-state index in [0.29, 0.717) is 5.92 Å². The first-order chi connectivity index (χ1) is 20.1. The first kappa shape index (κ1) is 39.3. The summed E-state index contributed by atoms with van der Waals surface area (Å²) in [5.41, 5.74) is 6.61. The Balaban J connectivity index is 0. The molecule has 0 aromatic heterocycles. The first-order valence-corrected chi connectivity index (χ1v) is 15.0. The summed E-state index contributed by atoms with van der Waals surface area (Å²) in [4.78, 5) is 0. The lowest BCUT2D eigenvalue weighted by molar-refractivity contribution is 0.729. The predicted octanol–water partition coefficient (Wildman–Crippen LogP) is 12.1. The van der Waals surface area contributed by atoms with Crippen LogP contribution in [0.1, 0.15) is 87.6 Å². The summed E-state index contributed by atoms with van der Waals surface area (Å²) in [5.74, 6) is 0.367. The second-order valence-corrected chi connectivity index (χ2v) is 8.89. The van der Waals surface area contributed by atoms with Gasteiger partial charge in [-0.15, -0.1) is 19.7 Å². The molecular weight excluding hydrogens is 494 g/mol. The zero-order valence-corrected chi connectivity index (χ0v) is 26.9. The van der Waals surface area contributed by atoms with Crippen LogP contribution in [0.25, 0.3) is 0 Å². The van der Waals surface area contributed by atoms with E-state index in [4.69, 9.17) is 5.26 Å². The maximum Gasteiger partial charge on any atom is 0.0656 e. The summed E-state index contributed by atoms with van der Waals surface area (Å²) in [6, 6.07) is 29.4. The van der Waals surface area contributed by atoms with Gasteiger partial charge in [-0.1, -0.05) is 137 Å². The average Bonchev–Trinajstić information content (AvgIpc) is 3.06. The molecule has 1 aliphatic rings. The van der Waals surface area contributed by atoms with Crippen LogP contribution < -0.4 is 0 Å². The Morgan fingerprint density at radius 2 is 1.24 bits per heavy atom. The Hall–Kier alpha value is -3.89. The number of nitrogens with zero attached hydrogens (tertiary/aromatic N) is 1. The largest absolute Gasteiger partial charge is 0.198 e. The minimum atomic E-state index is 0.0419. The van der Waals surface area contributed by atoms with Crippen LogP contribution in [-0.4, -0.2) is 0 Å². The summed E-state index contributed by atoms with van der Waals surface area (Å²) in [7, 11) is 0. The summed E-state index contributed by atoms with van der Waals surface area (Å²) in [6.45, 7) is 24.3. The standard InChI is InChI=1S/C22H25N.C6H8.C6H6.2C2H6.C2H4/c1-5-9-22(20-12-7-6-10-17(20)3)21-13-8-11-19(18(21)4)14-16(2)15-23;2*1-2-4-6-5-3-1;3*1-2/h5-8,10-13,16,22H,1,9,14H2,2-4H3;1-4H,5-6H2;1-6H;2*1-2H3;1-2H2. The second-order valence-electron chi connectivity index (χ2n) is 8.89. The highest BCUT2D eigenvalue weighted by Gasteiger charge is 2.18. The quantitative estimate of drug-likeness (QED) is 0.280. The Morgan fingerprint density at radius 1 is 0.756 bits per heavy atom. The molecule has 0 N–H and O–H groups in total. The fourth-order valence-electron chi connectivity index (χ4n) is 4.17. The maximum absolute atomic E-state index is 9.10. The smallest absolute Gasteiger partial charge is 0.0656 e. The van der Waals surface area contributed by atoms with E-state index in [-0.39, 0.29) is 5.92 Å². The summed E-state index contributed by atoms with van der Waals surface area (Å²) < 4.78 is 0. The molecule has 0 saturated heterocycles. The van der Waals surface area contributed by atoms with Crippen LogP contribution >= 0.6 is 0 Å². The number of hydrogen-bond donors (Lipinski definition) is 0. The van der Waals surface area contributed by atoms with Crippen molar-refractivity contribution in [3.8, 4) is 6.07 Å². The van der Waals surface area contributed by atoms with Crippen LogP contribution in [-0.2, 0) is 6.42 Å². The van der Waals surface area contributed by atoms with Gasteiger partial charge >= 0.3 is 0 Å². The van der Waals surface area contributed by atoms with Crippen molar-refractivity contribution in [3.63, 3.8) is 0 Å². The van der Waals surface area contributed by atoms with E-state index in [2.05, 4.69) is 106 Å². The maximum atomic E-state index is 9.10. The monoisotopic (exact) mass is 549 g/mol. The molecule has 0 bridgehead atoms. The van der Waals surface area contributed by atoms with Crippen molar-refractivity contribution in [1.82, 2.24) is 0 Å². The molecule has 0 spiro atoms. The van der Waals surface area contributed by atoms with Gasteiger partial charge in [-0.3, -0.25) is 0 Å². The first-order valence-electron chi connectivity index (χ1n) is 15.0. The lowest BCUT2D eigenvalue weighted by Crippen LogP contribution is -2.07. The van der Waals surface area contributed by atoms with E-state index in [1.807, 2.05) is 77.1 Å². The molecule has 0 saturated carbocycles. The second kappa shape index (κ2) is 27.7. The number of aryl methyl sites for hydroxylation is 1. The lowest BCUT2D eigenvalue weighted by Gasteiger charge is -2.22. The van der Waals surface area contributed by atoms with Gasteiger partial charge in [0.25, 0.3) is 0 Å². The van der Waals surface area contributed by atoms with Crippen LogP contribution in [0, 0.1) is 31.1 Å². The Labute approximate surface area is 253 Å². The van der Waals surface area contributed by atoms with Crippen molar-refractivity contribution in [2.24, 2.45) is 5.92 Å². The van der Waals surface area contributed by atoms with Crippen molar-refractivity contribution >= 4 is 0 Å². The van der Waals surface area contributed by atoms with Crippen LogP contribution in [0.3, 0.4) is 0 Å². The molecule has 1 heteroatoms. The van der Waals surface area contributed by atoms with Gasteiger partial charge < -0.3 is 0 Å². The van der Waals surface area contributed by atoms with Crippen LogP contribution in [0.15, 0.2) is 129 Å². The van der Waals surface area contributed by atoms with Crippen molar-refractivity contribution in [2.45, 2.75) is 80.1 Å². The van der Waals surface area contributed by atoms with Gasteiger partial charge in [-0.2, -0.15) is 5.26 Å². The molecule has 4 rings (SSSR count). The highest BCUT2D eigenvalue weighted by molar-refractivity contribution is 5.44. The number of hydrogen-bond acceptors (Lipinski definition) is 1. The third-order valence-electron chi connectivity index (χ3n) is 6.13. The number of nitriles is 1. The van der Waals surface area contributed by atoms with Crippen molar-refractivity contribution < 1.29 is 0 Å². The fraction of sp³-hybridized carbons (Fsp3) is 0.325. The zero-order chi connectivity index (χ0) is 31.3. The summed E-state index contributed by atoms with van der Waals surface area (Å²) in [5, 5.41) is 9.10. The molecule has 0 amide bonds. The highest BCUT2D eigenvalue weighted by Crippen LogP contribution is 2.34. The molecule has 41 heavy (non-hydrogen) atoms. The molecule has 3 aromatic rings. The van der Waals surface area contributed by atoms with Crippen LogP contribution in [0.5, 0.6) is 0 Å². The third-order valence-corrected chi connectivity index (χ3v) is 6.13. The zero-order valence-electron chi connectivity index (χ0n) is 26.9. The Kier molecular flexibility index (Phi) is 26.5.